The molecular weight excluding hydrogens is 206 g/mol. The SMILES string of the molecule is Cc1c2nc(CO)ccc2nn1C1COC1. The summed E-state index contributed by atoms with van der Waals surface area (Å²) in [6, 6.07) is 4.04. The Bertz CT molecular complexity index is 531. The third-order valence-electron chi connectivity index (χ3n) is 2.96. The molecule has 0 amide bonds. The molecule has 0 spiro atoms. The van der Waals surface area contributed by atoms with E-state index in [9.17, 15) is 0 Å². The molecule has 2 aromatic rings. The van der Waals surface area contributed by atoms with Crippen molar-refractivity contribution < 1.29 is 9.84 Å². The number of hydrogen-bond acceptors (Lipinski definition) is 4. The Morgan fingerprint density at radius 3 is 2.94 bits per heavy atom. The fraction of sp³-hybridized carbons (Fsp3) is 0.455. The van der Waals surface area contributed by atoms with Crippen LogP contribution in [0.5, 0.6) is 0 Å². The lowest BCUT2D eigenvalue weighted by Crippen LogP contribution is -2.31. The fourth-order valence-corrected chi connectivity index (χ4v) is 1.95. The van der Waals surface area contributed by atoms with E-state index in [1.54, 1.807) is 6.07 Å². The number of aliphatic hydroxyl groups is 1. The quantitative estimate of drug-likeness (QED) is 0.811. The summed E-state index contributed by atoms with van der Waals surface area (Å²) >= 11 is 0. The van der Waals surface area contributed by atoms with Gasteiger partial charge in [0.05, 0.1) is 37.3 Å². The van der Waals surface area contributed by atoms with Gasteiger partial charge in [-0.15, -0.1) is 0 Å². The van der Waals surface area contributed by atoms with Crippen LogP contribution in [-0.4, -0.2) is 33.1 Å². The van der Waals surface area contributed by atoms with Crippen molar-refractivity contribution in [2.75, 3.05) is 13.2 Å². The zero-order valence-corrected chi connectivity index (χ0v) is 9.05. The minimum absolute atomic E-state index is 0.0346. The van der Waals surface area contributed by atoms with Crippen LogP contribution in [0.3, 0.4) is 0 Å². The summed E-state index contributed by atoms with van der Waals surface area (Å²) < 4.78 is 7.14. The first kappa shape index (κ1) is 9.74. The van der Waals surface area contributed by atoms with E-state index in [4.69, 9.17) is 9.84 Å². The Morgan fingerprint density at radius 2 is 2.31 bits per heavy atom. The molecule has 5 heteroatoms. The molecule has 3 heterocycles. The van der Waals surface area contributed by atoms with Gasteiger partial charge in [-0.3, -0.25) is 4.68 Å². The van der Waals surface area contributed by atoms with Crippen molar-refractivity contribution in [3.8, 4) is 0 Å². The predicted octanol–water partition coefficient (Wildman–Crippen LogP) is 0.803. The monoisotopic (exact) mass is 219 g/mol. The lowest BCUT2D eigenvalue weighted by Gasteiger charge is -2.27. The number of pyridine rings is 1. The van der Waals surface area contributed by atoms with Gasteiger partial charge in [0.2, 0.25) is 0 Å². The number of aryl methyl sites for hydroxylation is 1. The first-order valence-electron chi connectivity index (χ1n) is 5.33. The van der Waals surface area contributed by atoms with E-state index in [-0.39, 0.29) is 6.61 Å². The fourth-order valence-electron chi connectivity index (χ4n) is 1.95. The van der Waals surface area contributed by atoms with E-state index in [2.05, 4.69) is 10.1 Å². The van der Waals surface area contributed by atoms with Crippen LogP contribution in [0.1, 0.15) is 17.4 Å². The van der Waals surface area contributed by atoms with Crippen LogP contribution >= 0.6 is 0 Å². The first-order valence-corrected chi connectivity index (χ1v) is 5.33. The van der Waals surface area contributed by atoms with Crippen LogP contribution in [0.15, 0.2) is 12.1 Å². The minimum atomic E-state index is -0.0346. The van der Waals surface area contributed by atoms with Crippen LogP contribution in [0.25, 0.3) is 11.0 Å². The average Bonchev–Trinajstić information content (AvgIpc) is 2.54. The summed E-state index contributed by atoms with van der Waals surface area (Å²) in [6.07, 6.45) is 0. The number of hydrogen-bond donors (Lipinski definition) is 1. The Kier molecular flexibility index (Phi) is 2.15. The lowest BCUT2D eigenvalue weighted by molar-refractivity contribution is -0.0292. The number of ether oxygens (including phenoxy) is 1. The zero-order chi connectivity index (χ0) is 11.1. The van der Waals surface area contributed by atoms with Gasteiger partial charge >= 0.3 is 0 Å². The number of nitrogens with zero attached hydrogens (tertiary/aromatic N) is 3. The van der Waals surface area contributed by atoms with Gasteiger partial charge in [-0.2, -0.15) is 5.10 Å². The van der Waals surface area contributed by atoms with E-state index >= 15 is 0 Å². The summed E-state index contributed by atoms with van der Waals surface area (Å²) in [4.78, 5) is 4.38. The van der Waals surface area contributed by atoms with E-state index in [1.165, 1.54) is 0 Å². The molecule has 3 rings (SSSR count). The van der Waals surface area contributed by atoms with Crippen molar-refractivity contribution in [2.24, 2.45) is 0 Å². The number of aromatic nitrogens is 3. The normalized spacial score (nSPS) is 16.6. The van der Waals surface area contributed by atoms with E-state index in [1.807, 2.05) is 17.7 Å². The summed E-state index contributed by atoms with van der Waals surface area (Å²) in [6.45, 7) is 3.41. The van der Waals surface area contributed by atoms with Crippen LogP contribution < -0.4 is 0 Å². The van der Waals surface area contributed by atoms with Gasteiger partial charge in [0, 0.05) is 0 Å². The smallest absolute Gasteiger partial charge is 0.112 e. The van der Waals surface area contributed by atoms with Gasteiger partial charge in [0.25, 0.3) is 0 Å². The van der Waals surface area contributed by atoms with Gasteiger partial charge in [-0.05, 0) is 19.1 Å². The molecule has 5 nitrogen and oxygen atoms in total. The molecule has 1 saturated heterocycles. The summed E-state index contributed by atoms with van der Waals surface area (Å²) in [5.74, 6) is 0. The molecule has 0 saturated carbocycles. The Morgan fingerprint density at radius 1 is 1.50 bits per heavy atom. The molecule has 2 aromatic heterocycles. The molecule has 0 bridgehead atoms. The maximum Gasteiger partial charge on any atom is 0.112 e. The summed E-state index contributed by atoms with van der Waals surface area (Å²) in [5.41, 5.74) is 3.47. The molecule has 84 valence electrons. The molecule has 0 aliphatic carbocycles. The molecule has 1 aliphatic heterocycles. The molecule has 0 unspecified atom stereocenters. The third kappa shape index (κ3) is 1.32. The van der Waals surface area contributed by atoms with Crippen molar-refractivity contribution in [3.63, 3.8) is 0 Å². The minimum Gasteiger partial charge on any atom is -0.390 e. The Labute approximate surface area is 92.7 Å². The highest BCUT2D eigenvalue weighted by molar-refractivity contribution is 5.77. The van der Waals surface area contributed by atoms with E-state index in [0.717, 1.165) is 29.9 Å². The van der Waals surface area contributed by atoms with Crippen molar-refractivity contribution in [3.05, 3.63) is 23.5 Å². The van der Waals surface area contributed by atoms with Crippen LogP contribution in [0.2, 0.25) is 0 Å². The van der Waals surface area contributed by atoms with Crippen molar-refractivity contribution in [1.82, 2.24) is 14.8 Å². The highest BCUT2D eigenvalue weighted by atomic mass is 16.5. The molecule has 0 aromatic carbocycles. The second kappa shape index (κ2) is 3.54. The van der Waals surface area contributed by atoms with E-state index < -0.39 is 0 Å². The predicted molar refractivity (Wildman–Crippen MR) is 58.0 cm³/mol. The average molecular weight is 219 g/mol. The van der Waals surface area contributed by atoms with Crippen molar-refractivity contribution in [1.29, 1.82) is 0 Å². The van der Waals surface area contributed by atoms with Crippen LogP contribution in [-0.2, 0) is 11.3 Å². The Hall–Kier alpha value is -1.46. The standard InChI is InChI=1S/C11H13N3O2/c1-7-11-10(3-2-8(4-15)12-11)13-14(7)9-5-16-6-9/h2-3,9,15H,4-6H2,1H3. The first-order chi connectivity index (χ1) is 7.79. The molecule has 16 heavy (non-hydrogen) atoms. The second-order valence-electron chi connectivity index (χ2n) is 4.05. The lowest BCUT2D eigenvalue weighted by atomic mass is 10.2. The maximum atomic E-state index is 9.05. The number of rotatable bonds is 2. The van der Waals surface area contributed by atoms with Gasteiger partial charge in [-0.1, -0.05) is 0 Å². The van der Waals surface area contributed by atoms with Gasteiger partial charge < -0.3 is 9.84 Å². The maximum absolute atomic E-state index is 9.05. The molecule has 0 atom stereocenters. The van der Waals surface area contributed by atoms with Crippen LogP contribution in [0.4, 0.5) is 0 Å². The van der Waals surface area contributed by atoms with Crippen molar-refractivity contribution in [2.45, 2.75) is 19.6 Å². The topological polar surface area (TPSA) is 60.2 Å². The van der Waals surface area contributed by atoms with Crippen molar-refractivity contribution >= 4 is 11.0 Å². The van der Waals surface area contributed by atoms with E-state index in [0.29, 0.717) is 11.7 Å². The molecule has 0 radical (unpaired) electrons. The van der Waals surface area contributed by atoms with Gasteiger partial charge in [-0.25, -0.2) is 4.98 Å². The molecule has 1 N–H and O–H groups in total. The highest BCUT2D eigenvalue weighted by Gasteiger charge is 2.24. The Balaban J connectivity index is 2.14. The number of fused-ring (bicyclic) bond motifs is 1. The van der Waals surface area contributed by atoms with Crippen LogP contribution in [0, 0.1) is 6.92 Å². The summed E-state index contributed by atoms with van der Waals surface area (Å²) in [7, 11) is 0. The molecule has 1 aliphatic rings. The third-order valence-corrected chi connectivity index (χ3v) is 2.96. The van der Waals surface area contributed by atoms with Gasteiger partial charge in [0.15, 0.2) is 0 Å². The zero-order valence-electron chi connectivity index (χ0n) is 9.05. The largest absolute Gasteiger partial charge is 0.390 e. The number of aliphatic hydroxyl groups excluding tert-OH is 1. The molecular formula is C11H13N3O2. The summed E-state index contributed by atoms with van der Waals surface area (Å²) in [5, 5.41) is 13.6. The second-order valence-corrected chi connectivity index (χ2v) is 4.05. The van der Waals surface area contributed by atoms with Gasteiger partial charge in [0.1, 0.15) is 11.0 Å². The molecule has 1 fully saturated rings. The highest BCUT2D eigenvalue weighted by Crippen LogP contribution is 2.23.